The van der Waals surface area contributed by atoms with Crippen LogP contribution in [0.5, 0.6) is 0 Å². The molecule has 8 nitrogen and oxygen atoms in total. The highest BCUT2D eigenvalue weighted by Gasteiger charge is 2.26. The van der Waals surface area contributed by atoms with Crippen LogP contribution in [0.4, 0.5) is 0 Å². The van der Waals surface area contributed by atoms with Crippen molar-refractivity contribution in [1.29, 1.82) is 0 Å². The van der Waals surface area contributed by atoms with Gasteiger partial charge in [0, 0.05) is 13.0 Å². The second kappa shape index (κ2) is 40.7. The smallest absolute Gasteiger partial charge is 0.457 e. The molecule has 57 heavy (non-hydrogen) atoms. The number of phosphoric ester groups is 1. The van der Waals surface area contributed by atoms with Crippen molar-refractivity contribution in [2.24, 2.45) is 0 Å². The maximum atomic E-state index is 12.7. The minimum atomic E-state index is -4.29. The molecule has 0 fully saturated rings. The molecule has 2 atom stereocenters. The van der Waals surface area contributed by atoms with Crippen LogP contribution in [0.3, 0.4) is 0 Å². The number of esters is 1. The Balaban J connectivity index is 4.33. The molecule has 0 heterocycles. The number of carbonyl (C=O) groups excluding carboxylic acids is 1. The van der Waals surface area contributed by atoms with E-state index in [1.165, 1.54) is 77.0 Å². The molecular weight excluding hydrogens is 734 g/mol. The van der Waals surface area contributed by atoms with Crippen molar-refractivity contribution in [3.63, 3.8) is 0 Å². The van der Waals surface area contributed by atoms with Crippen molar-refractivity contribution in [3.05, 3.63) is 72.9 Å². The number of ether oxygens (including phenoxy) is 2. The second-order valence-corrected chi connectivity index (χ2v) is 17.5. The SMILES string of the molecule is CC/C=C\C/C=C\C/C=C\C/C=C\C/C=C\C/C=C\CCCOCC(COP(=O)(O)OCC[N+](C)(C)C)OC(=O)CCCCCCCCCCCCCCCCC. The van der Waals surface area contributed by atoms with Crippen molar-refractivity contribution >= 4 is 13.8 Å². The van der Waals surface area contributed by atoms with Crippen molar-refractivity contribution in [1.82, 2.24) is 0 Å². The van der Waals surface area contributed by atoms with E-state index in [-0.39, 0.29) is 25.8 Å². The third kappa shape index (κ3) is 44.9. The molecule has 0 spiro atoms. The molecule has 0 saturated heterocycles. The Bertz CT molecular complexity index is 1140. The molecule has 0 aliphatic carbocycles. The molecule has 0 saturated carbocycles. The molecular formula is C48H87NO7P+. The molecule has 2 unspecified atom stereocenters. The number of likely N-dealkylation sites (N-methyl/N-ethyl adjacent to an activating group) is 1. The van der Waals surface area contributed by atoms with Crippen molar-refractivity contribution in [2.75, 3.05) is 54.1 Å². The first-order valence-electron chi connectivity index (χ1n) is 22.7. The number of hydrogen-bond donors (Lipinski definition) is 1. The van der Waals surface area contributed by atoms with E-state index in [1.807, 2.05) is 21.1 Å². The summed E-state index contributed by atoms with van der Waals surface area (Å²) in [6.07, 6.45) is 52.3. The molecule has 0 aliphatic rings. The predicted octanol–water partition coefficient (Wildman–Crippen LogP) is 13.5. The van der Waals surface area contributed by atoms with Gasteiger partial charge in [0.15, 0.2) is 0 Å². The molecule has 0 rings (SSSR count). The van der Waals surface area contributed by atoms with Crippen LogP contribution in [0.2, 0.25) is 0 Å². The molecule has 0 bridgehead atoms. The van der Waals surface area contributed by atoms with E-state index in [2.05, 4.69) is 86.8 Å². The third-order valence-corrected chi connectivity index (χ3v) is 10.3. The summed E-state index contributed by atoms with van der Waals surface area (Å²) in [6.45, 7) is 5.34. The third-order valence-electron chi connectivity index (χ3n) is 9.28. The normalized spacial score (nSPS) is 14.4. The lowest BCUT2D eigenvalue weighted by Gasteiger charge is -2.24. The van der Waals surface area contributed by atoms with Gasteiger partial charge in [-0.15, -0.1) is 0 Å². The van der Waals surface area contributed by atoms with Crippen LogP contribution in [0, 0.1) is 0 Å². The predicted molar refractivity (Wildman–Crippen MR) is 242 cm³/mol. The van der Waals surface area contributed by atoms with Crippen LogP contribution >= 0.6 is 7.82 Å². The summed E-state index contributed by atoms with van der Waals surface area (Å²) in [4.78, 5) is 22.9. The van der Waals surface area contributed by atoms with Gasteiger partial charge in [-0.3, -0.25) is 13.8 Å². The molecule has 0 radical (unpaired) electrons. The van der Waals surface area contributed by atoms with E-state index < -0.39 is 13.9 Å². The highest BCUT2D eigenvalue weighted by Crippen LogP contribution is 2.43. The van der Waals surface area contributed by atoms with Gasteiger partial charge >= 0.3 is 13.8 Å². The fraction of sp³-hybridized carbons (Fsp3) is 0.729. The van der Waals surface area contributed by atoms with Crippen LogP contribution < -0.4 is 0 Å². The molecule has 0 amide bonds. The zero-order chi connectivity index (χ0) is 42.0. The summed E-state index contributed by atoms with van der Waals surface area (Å²) in [5.74, 6) is -0.335. The molecule has 0 aliphatic heterocycles. The minimum Gasteiger partial charge on any atom is -0.457 e. The summed E-state index contributed by atoms with van der Waals surface area (Å²) in [5.41, 5.74) is 0. The van der Waals surface area contributed by atoms with E-state index in [4.69, 9.17) is 18.5 Å². The molecule has 0 aromatic heterocycles. The Labute approximate surface area is 351 Å². The highest BCUT2D eigenvalue weighted by atomic mass is 31.2. The van der Waals surface area contributed by atoms with Crippen LogP contribution in [0.1, 0.15) is 168 Å². The molecule has 0 aromatic carbocycles. The summed E-state index contributed by atoms with van der Waals surface area (Å²) in [7, 11) is 1.62. The average molecular weight is 821 g/mol. The number of hydrogen-bond acceptors (Lipinski definition) is 6. The Morgan fingerprint density at radius 3 is 1.46 bits per heavy atom. The largest absolute Gasteiger partial charge is 0.472 e. The lowest BCUT2D eigenvalue weighted by molar-refractivity contribution is -0.870. The van der Waals surface area contributed by atoms with E-state index >= 15 is 0 Å². The number of nitrogens with zero attached hydrogens (tertiary/aromatic N) is 1. The monoisotopic (exact) mass is 821 g/mol. The van der Waals surface area contributed by atoms with Crippen LogP contribution in [0.25, 0.3) is 0 Å². The second-order valence-electron chi connectivity index (χ2n) is 16.1. The fourth-order valence-electron chi connectivity index (χ4n) is 5.80. The number of unbranched alkanes of at least 4 members (excludes halogenated alkanes) is 15. The first kappa shape index (κ1) is 54.9. The van der Waals surface area contributed by atoms with E-state index in [1.54, 1.807) is 0 Å². The topological polar surface area (TPSA) is 91.3 Å². The number of carbonyl (C=O) groups is 1. The van der Waals surface area contributed by atoms with Crippen LogP contribution in [0.15, 0.2) is 72.9 Å². The Morgan fingerprint density at radius 2 is 1.00 bits per heavy atom. The average Bonchev–Trinajstić information content (AvgIpc) is 3.16. The van der Waals surface area contributed by atoms with E-state index in [9.17, 15) is 14.3 Å². The molecule has 0 aromatic rings. The van der Waals surface area contributed by atoms with Gasteiger partial charge in [0.25, 0.3) is 0 Å². The van der Waals surface area contributed by atoms with Crippen LogP contribution in [-0.4, -0.2) is 75.6 Å². The van der Waals surface area contributed by atoms with Crippen molar-refractivity contribution in [3.8, 4) is 0 Å². The zero-order valence-corrected chi connectivity index (χ0v) is 38.2. The first-order chi connectivity index (χ1) is 27.6. The molecule has 330 valence electrons. The molecule has 9 heteroatoms. The Kier molecular flexibility index (Phi) is 39.2. The summed E-state index contributed by atoms with van der Waals surface area (Å²) < 4.78 is 34.9. The van der Waals surface area contributed by atoms with Gasteiger partial charge < -0.3 is 18.9 Å². The number of quaternary nitrogens is 1. The standard InChI is InChI=1S/C48H86NO7P/c1-6-8-10-12-14-16-18-20-22-23-24-25-26-28-30-32-34-36-38-40-43-53-45-47(46-55-57(51,52)54-44-42-49(3,4)5)56-48(50)41-39-37-35-33-31-29-27-21-19-17-15-13-11-9-7-2/h8,10,14,16,20,22,24-25,28,30,34,36,47H,6-7,9,11-13,15,17-19,21,23,26-27,29,31-33,35,37-46H2,1-5H3/p+1/b10-8-,16-14-,22-20-,25-24-,30-28-,36-34-. The van der Waals surface area contributed by atoms with Crippen LogP contribution in [-0.2, 0) is 27.9 Å². The van der Waals surface area contributed by atoms with Gasteiger partial charge in [-0.1, -0.05) is 177 Å². The zero-order valence-electron chi connectivity index (χ0n) is 37.3. The lowest BCUT2D eigenvalue weighted by Crippen LogP contribution is -2.37. The summed E-state index contributed by atoms with van der Waals surface area (Å²) >= 11 is 0. The highest BCUT2D eigenvalue weighted by molar-refractivity contribution is 7.47. The fourth-order valence-corrected chi connectivity index (χ4v) is 6.55. The van der Waals surface area contributed by atoms with Gasteiger partial charge in [0.1, 0.15) is 19.3 Å². The van der Waals surface area contributed by atoms with E-state index in [0.29, 0.717) is 24.1 Å². The number of phosphoric acid groups is 1. The molecule has 1 N–H and O–H groups in total. The quantitative estimate of drug-likeness (QED) is 0.0216. The number of allylic oxidation sites excluding steroid dienone is 12. The minimum absolute atomic E-state index is 0.0754. The van der Waals surface area contributed by atoms with Gasteiger partial charge in [0.2, 0.25) is 0 Å². The van der Waals surface area contributed by atoms with Gasteiger partial charge in [0.05, 0.1) is 34.4 Å². The Hall–Kier alpha value is -2.06. The lowest BCUT2D eigenvalue weighted by atomic mass is 10.0. The first-order valence-corrected chi connectivity index (χ1v) is 24.2. The van der Waals surface area contributed by atoms with Gasteiger partial charge in [-0.2, -0.15) is 0 Å². The maximum absolute atomic E-state index is 12.7. The Morgan fingerprint density at radius 1 is 0.561 bits per heavy atom. The van der Waals surface area contributed by atoms with Crippen molar-refractivity contribution < 1.29 is 37.3 Å². The number of rotatable bonds is 41. The summed E-state index contributed by atoms with van der Waals surface area (Å²) in [5, 5.41) is 0. The van der Waals surface area contributed by atoms with Crippen molar-refractivity contribution in [2.45, 2.75) is 174 Å². The maximum Gasteiger partial charge on any atom is 0.472 e. The van der Waals surface area contributed by atoms with E-state index in [0.717, 1.165) is 70.6 Å². The van der Waals surface area contributed by atoms with Gasteiger partial charge in [-0.05, 0) is 57.8 Å². The summed E-state index contributed by atoms with van der Waals surface area (Å²) in [6, 6.07) is 0. The van der Waals surface area contributed by atoms with Gasteiger partial charge in [-0.25, -0.2) is 4.57 Å².